The number of nitrogens with one attached hydrogen (secondary N) is 2. The van der Waals surface area contributed by atoms with Gasteiger partial charge >= 0.3 is 6.03 Å². The van der Waals surface area contributed by atoms with E-state index in [2.05, 4.69) is 10.3 Å². The highest BCUT2D eigenvalue weighted by Gasteiger charge is 2.36. The molecule has 0 bridgehead atoms. The number of anilines is 1. The first-order valence-corrected chi connectivity index (χ1v) is 10.7. The fourth-order valence-corrected chi connectivity index (χ4v) is 5.10. The quantitative estimate of drug-likeness (QED) is 0.594. The number of benzene rings is 2. The van der Waals surface area contributed by atoms with Crippen LogP contribution >= 0.6 is 0 Å². The molecule has 0 saturated heterocycles. The molecule has 158 valence electrons. The van der Waals surface area contributed by atoms with Gasteiger partial charge in [0.1, 0.15) is 35.3 Å². The number of amides is 2. The number of pyridine rings is 1. The third-order valence-corrected chi connectivity index (χ3v) is 6.51. The fraction of sp³-hybridized carbons (Fsp3) is 0.190. The molecular formula is C21H16F2N4O3S. The molecule has 3 aromatic rings. The van der Waals surface area contributed by atoms with Crippen LogP contribution < -0.4 is 10.9 Å². The highest BCUT2D eigenvalue weighted by molar-refractivity contribution is 7.90. The maximum absolute atomic E-state index is 13.7. The van der Waals surface area contributed by atoms with Gasteiger partial charge in [0.2, 0.25) is 0 Å². The first-order chi connectivity index (χ1) is 14.8. The van der Waals surface area contributed by atoms with E-state index in [1.54, 1.807) is 6.07 Å². The minimum atomic E-state index is -1.34. The monoisotopic (exact) mass is 442 g/mol. The molecule has 2 aromatic carbocycles. The second kappa shape index (κ2) is 8.02. The lowest BCUT2D eigenvalue weighted by atomic mass is 9.97. The van der Waals surface area contributed by atoms with Crippen molar-refractivity contribution in [3.05, 3.63) is 75.2 Å². The molecule has 0 radical (unpaired) electrons. The van der Waals surface area contributed by atoms with Crippen molar-refractivity contribution in [2.45, 2.75) is 11.8 Å². The lowest BCUT2D eigenvalue weighted by Crippen LogP contribution is -2.41. The van der Waals surface area contributed by atoms with Gasteiger partial charge in [-0.15, -0.1) is 0 Å². The SMILES string of the molecule is CN(C(=O)Nc1ccc(F)c(C#N)c1)C1C[S+]([O-])Cc2[nH]c(=O)c3cc(F)ccc3c21. The number of halogens is 2. The molecule has 2 heterocycles. The van der Waals surface area contributed by atoms with Crippen LogP contribution in [0, 0.1) is 23.0 Å². The average molecular weight is 442 g/mol. The van der Waals surface area contributed by atoms with Gasteiger partial charge in [0, 0.05) is 18.3 Å². The van der Waals surface area contributed by atoms with Crippen molar-refractivity contribution in [1.82, 2.24) is 9.88 Å². The summed E-state index contributed by atoms with van der Waals surface area (Å²) in [5.41, 5.74) is 0.555. The van der Waals surface area contributed by atoms with E-state index >= 15 is 0 Å². The van der Waals surface area contributed by atoms with E-state index < -0.39 is 40.4 Å². The Labute approximate surface area is 178 Å². The summed E-state index contributed by atoms with van der Waals surface area (Å²) < 4.78 is 39.7. The molecule has 2 N–H and O–H groups in total. The number of H-pyrrole nitrogens is 1. The van der Waals surface area contributed by atoms with Crippen LogP contribution in [0.15, 0.2) is 41.2 Å². The normalized spacial score (nSPS) is 17.6. The molecule has 0 aliphatic carbocycles. The van der Waals surface area contributed by atoms with E-state index in [0.29, 0.717) is 16.6 Å². The molecule has 4 rings (SSSR count). The van der Waals surface area contributed by atoms with Crippen LogP contribution in [0.1, 0.15) is 22.9 Å². The zero-order valence-electron chi connectivity index (χ0n) is 16.2. The van der Waals surface area contributed by atoms with Gasteiger partial charge in [-0.05, 0) is 46.9 Å². The summed E-state index contributed by atoms with van der Waals surface area (Å²) in [4.78, 5) is 29.3. The number of hydrogen-bond acceptors (Lipinski definition) is 4. The van der Waals surface area contributed by atoms with Crippen molar-refractivity contribution in [3.8, 4) is 6.07 Å². The Morgan fingerprint density at radius 2 is 2.06 bits per heavy atom. The van der Waals surface area contributed by atoms with E-state index in [9.17, 15) is 22.9 Å². The number of nitrogens with zero attached hydrogens (tertiary/aromatic N) is 2. The second-order valence-electron chi connectivity index (χ2n) is 7.15. The maximum Gasteiger partial charge on any atom is 0.322 e. The smallest absolute Gasteiger partial charge is 0.322 e. The number of rotatable bonds is 2. The van der Waals surface area contributed by atoms with Crippen molar-refractivity contribution < 1.29 is 18.1 Å². The number of aromatic amines is 1. The van der Waals surface area contributed by atoms with E-state index in [0.717, 1.165) is 12.1 Å². The van der Waals surface area contributed by atoms with Crippen molar-refractivity contribution in [3.63, 3.8) is 0 Å². The Balaban J connectivity index is 1.73. The highest BCUT2D eigenvalue weighted by atomic mass is 32.2. The van der Waals surface area contributed by atoms with Crippen molar-refractivity contribution in [1.29, 1.82) is 5.26 Å². The number of aromatic nitrogens is 1. The molecule has 1 aliphatic heterocycles. The molecule has 10 heteroatoms. The molecule has 2 amide bonds. The number of urea groups is 1. The largest absolute Gasteiger partial charge is 0.616 e. The highest BCUT2D eigenvalue weighted by Crippen LogP contribution is 2.35. The van der Waals surface area contributed by atoms with Crippen LogP contribution in [-0.4, -0.2) is 33.3 Å². The predicted octanol–water partition coefficient (Wildman–Crippen LogP) is 3.15. The van der Waals surface area contributed by atoms with Crippen molar-refractivity contribution in [2.24, 2.45) is 0 Å². The summed E-state index contributed by atoms with van der Waals surface area (Å²) in [6, 6.07) is 7.91. The van der Waals surface area contributed by atoms with Gasteiger partial charge in [-0.2, -0.15) is 5.26 Å². The minimum Gasteiger partial charge on any atom is -0.616 e. The Bertz CT molecular complexity index is 1300. The summed E-state index contributed by atoms with van der Waals surface area (Å²) in [6.45, 7) is 0. The molecule has 2 atom stereocenters. The van der Waals surface area contributed by atoms with Gasteiger partial charge in [0.15, 0.2) is 0 Å². The lowest BCUT2D eigenvalue weighted by Gasteiger charge is -2.34. The maximum atomic E-state index is 13.7. The topological polar surface area (TPSA) is 112 Å². The van der Waals surface area contributed by atoms with Gasteiger partial charge in [-0.3, -0.25) is 4.79 Å². The molecule has 1 aromatic heterocycles. The summed E-state index contributed by atoms with van der Waals surface area (Å²) in [5.74, 6) is -1.02. The van der Waals surface area contributed by atoms with Gasteiger partial charge in [-0.1, -0.05) is 6.07 Å². The molecule has 0 saturated carbocycles. The van der Waals surface area contributed by atoms with Crippen LogP contribution in [0.3, 0.4) is 0 Å². The molecule has 31 heavy (non-hydrogen) atoms. The van der Waals surface area contributed by atoms with Crippen molar-refractivity contribution in [2.75, 3.05) is 18.1 Å². The summed E-state index contributed by atoms with van der Waals surface area (Å²) in [6.07, 6.45) is 0. The molecule has 2 unspecified atom stereocenters. The predicted molar refractivity (Wildman–Crippen MR) is 112 cm³/mol. The van der Waals surface area contributed by atoms with Crippen LogP contribution in [0.2, 0.25) is 0 Å². The third-order valence-electron chi connectivity index (χ3n) is 5.21. The minimum absolute atomic E-state index is 0.118. The van der Waals surface area contributed by atoms with Crippen molar-refractivity contribution >= 4 is 33.7 Å². The Kier molecular flexibility index (Phi) is 5.39. The molecule has 0 fully saturated rings. The first-order valence-electron chi connectivity index (χ1n) is 9.21. The van der Waals surface area contributed by atoms with E-state index in [1.807, 2.05) is 0 Å². The zero-order valence-corrected chi connectivity index (χ0v) is 17.1. The van der Waals surface area contributed by atoms with Crippen LogP contribution in [0.4, 0.5) is 19.3 Å². The first kappa shape index (κ1) is 20.8. The summed E-state index contributed by atoms with van der Waals surface area (Å²) in [7, 11) is 1.50. The second-order valence-corrected chi connectivity index (χ2v) is 8.65. The van der Waals surface area contributed by atoms with Crippen LogP contribution in [0.25, 0.3) is 10.8 Å². The zero-order chi connectivity index (χ0) is 22.3. The number of carbonyl (C=O) groups excluding carboxylic acids is 1. The molecule has 0 spiro atoms. The summed E-state index contributed by atoms with van der Waals surface area (Å²) in [5, 5.41) is 12.2. The van der Waals surface area contributed by atoms with Crippen LogP contribution in [0.5, 0.6) is 0 Å². The van der Waals surface area contributed by atoms with E-state index in [4.69, 9.17) is 5.26 Å². The Morgan fingerprint density at radius 3 is 2.81 bits per heavy atom. The standard InChI is InChI=1S/C21H16F2N4O3S/c1-27(21(29)25-13-3-5-16(23)11(6-13)8-24)18-10-31(30)9-17-19(18)14-4-2-12(22)7-15(14)20(28)26-17/h2-7,18H,9-10H2,1H3,(H,25,29)(H,26,28). The van der Waals surface area contributed by atoms with Gasteiger partial charge in [0.05, 0.1) is 16.6 Å². The number of nitriles is 1. The average Bonchev–Trinajstić information content (AvgIpc) is 2.74. The molecular weight excluding hydrogens is 426 g/mol. The number of carbonyl (C=O) groups is 1. The van der Waals surface area contributed by atoms with Gasteiger partial charge in [0.25, 0.3) is 5.56 Å². The fourth-order valence-electron chi connectivity index (χ4n) is 3.69. The Morgan fingerprint density at radius 1 is 1.29 bits per heavy atom. The third kappa shape index (κ3) is 3.85. The Hall–Kier alpha value is -3.42. The van der Waals surface area contributed by atoms with Crippen LogP contribution in [-0.2, 0) is 16.9 Å². The van der Waals surface area contributed by atoms with Gasteiger partial charge in [-0.25, -0.2) is 13.6 Å². The van der Waals surface area contributed by atoms with E-state index in [-0.39, 0.29) is 28.1 Å². The number of fused-ring (bicyclic) bond motifs is 3. The number of hydrogen-bond donors (Lipinski definition) is 2. The molecule has 1 aliphatic rings. The lowest BCUT2D eigenvalue weighted by molar-refractivity contribution is 0.208. The van der Waals surface area contributed by atoms with E-state index in [1.165, 1.54) is 36.2 Å². The summed E-state index contributed by atoms with van der Waals surface area (Å²) >= 11 is -1.34. The van der Waals surface area contributed by atoms with Gasteiger partial charge < -0.3 is 19.8 Å². The molecule has 7 nitrogen and oxygen atoms in total.